The van der Waals surface area contributed by atoms with Crippen LogP contribution in [-0.4, -0.2) is 33.8 Å². The normalized spacial score (nSPS) is 26.1. The van der Waals surface area contributed by atoms with E-state index < -0.39 is 5.54 Å². The fraction of sp³-hybridized carbons (Fsp3) is 0.882. The van der Waals surface area contributed by atoms with Crippen molar-refractivity contribution in [2.45, 2.75) is 96.2 Å². The average Bonchev–Trinajstić information content (AvgIpc) is 2.51. The van der Waals surface area contributed by atoms with E-state index in [-0.39, 0.29) is 23.4 Å². The summed E-state index contributed by atoms with van der Waals surface area (Å²) in [5.74, 6) is 0.191. The molecule has 2 fully saturated rings. The monoisotopic (exact) mass is 294 g/mol. The first-order chi connectivity index (χ1) is 9.96. The second-order valence-corrected chi connectivity index (χ2v) is 6.77. The third-order valence-corrected chi connectivity index (χ3v) is 5.95. The number of piperazine rings is 1. The molecule has 1 aliphatic heterocycles. The minimum absolute atomic E-state index is 0.0243. The highest BCUT2D eigenvalue weighted by atomic mass is 16.2. The van der Waals surface area contributed by atoms with E-state index in [4.69, 9.17) is 0 Å². The number of nitrogens with one attached hydrogen (secondary N) is 1. The van der Waals surface area contributed by atoms with Gasteiger partial charge in [-0.2, -0.15) is 0 Å². The quantitative estimate of drug-likeness (QED) is 0.866. The first-order valence-corrected chi connectivity index (χ1v) is 8.62. The number of nitrogens with zero attached hydrogens (tertiary/aromatic N) is 1. The van der Waals surface area contributed by atoms with Gasteiger partial charge in [-0.05, 0) is 39.0 Å². The molecule has 1 saturated carbocycles. The number of rotatable bonds is 4. The van der Waals surface area contributed by atoms with E-state index in [1.165, 1.54) is 6.42 Å². The maximum atomic E-state index is 13.3. The summed E-state index contributed by atoms with van der Waals surface area (Å²) in [4.78, 5) is 27.7. The first kappa shape index (κ1) is 16.3. The van der Waals surface area contributed by atoms with Gasteiger partial charge in [0.05, 0.1) is 0 Å². The Morgan fingerprint density at radius 2 is 1.62 bits per heavy atom. The third kappa shape index (κ3) is 2.47. The summed E-state index contributed by atoms with van der Waals surface area (Å²) in [5, 5.41) is 3.08. The van der Waals surface area contributed by atoms with Crippen molar-refractivity contribution in [2.24, 2.45) is 0 Å². The van der Waals surface area contributed by atoms with Gasteiger partial charge < -0.3 is 10.2 Å². The maximum Gasteiger partial charge on any atom is 0.249 e. The molecule has 1 saturated heterocycles. The molecule has 21 heavy (non-hydrogen) atoms. The second-order valence-electron chi connectivity index (χ2n) is 6.77. The summed E-state index contributed by atoms with van der Waals surface area (Å²) >= 11 is 0. The van der Waals surface area contributed by atoms with Gasteiger partial charge in [0.1, 0.15) is 11.6 Å². The summed E-state index contributed by atoms with van der Waals surface area (Å²) in [6, 6.07) is -0.357. The van der Waals surface area contributed by atoms with Crippen LogP contribution in [0.3, 0.4) is 0 Å². The van der Waals surface area contributed by atoms with Crippen molar-refractivity contribution >= 4 is 11.8 Å². The Morgan fingerprint density at radius 3 is 2.10 bits per heavy atom. The second kappa shape index (κ2) is 5.98. The van der Waals surface area contributed by atoms with Gasteiger partial charge in [0.2, 0.25) is 11.8 Å². The molecule has 1 N–H and O–H groups in total. The SMILES string of the molecule is CCC(CC)(CC)N1C(=O)C2(CCCCC2)NC(=O)C1C. The first-order valence-electron chi connectivity index (χ1n) is 8.62. The van der Waals surface area contributed by atoms with Crippen molar-refractivity contribution in [1.29, 1.82) is 0 Å². The smallest absolute Gasteiger partial charge is 0.249 e. The highest BCUT2D eigenvalue weighted by Crippen LogP contribution is 2.39. The Kier molecular flexibility index (Phi) is 4.64. The highest BCUT2D eigenvalue weighted by Gasteiger charge is 2.54. The van der Waals surface area contributed by atoms with Gasteiger partial charge in [-0.15, -0.1) is 0 Å². The van der Waals surface area contributed by atoms with Crippen LogP contribution in [0.1, 0.15) is 79.1 Å². The van der Waals surface area contributed by atoms with Crippen LogP contribution >= 0.6 is 0 Å². The Hall–Kier alpha value is -1.06. The number of carbonyl (C=O) groups excluding carboxylic acids is 2. The Labute approximate surface area is 128 Å². The molecular formula is C17H30N2O2. The zero-order chi connectivity index (χ0) is 15.7. The summed E-state index contributed by atoms with van der Waals surface area (Å²) in [7, 11) is 0. The van der Waals surface area contributed by atoms with E-state index in [1.807, 2.05) is 11.8 Å². The van der Waals surface area contributed by atoms with Crippen LogP contribution in [0.2, 0.25) is 0 Å². The van der Waals surface area contributed by atoms with E-state index in [1.54, 1.807) is 0 Å². The fourth-order valence-corrected chi connectivity index (χ4v) is 4.30. The average molecular weight is 294 g/mol. The van der Waals surface area contributed by atoms with Crippen molar-refractivity contribution in [3.8, 4) is 0 Å². The van der Waals surface area contributed by atoms with Gasteiger partial charge in [-0.25, -0.2) is 0 Å². The summed E-state index contributed by atoms with van der Waals surface area (Å²) in [6.07, 6.45) is 7.54. The molecule has 0 bridgehead atoms. The molecule has 1 aliphatic carbocycles. The summed E-state index contributed by atoms with van der Waals surface area (Å²) < 4.78 is 0. The summed E-state index contributed by atoms with van der Waals surface area (Å²) in [5.41, 5.74) is -0.800. The highest BCUT2D eigenvalue weighted by molar-refractivity contribution is 6.00. The van der Waals surface area contributed by atoms with Gasteiger partial charge in [0, 0.05) is 5.54 Å². The Morgan fingerprint density at radius 1 is 1.10 bits per heavy atom. The van der Waals surface area contributed by atoms with Gasteiger partial charge >= 0.3 is 0 Å². The fourth-order valence-electron chi connectivity index (χ4n) is 4.30. The predicted octanol–water partition coefficient (Wildman–Crippen LogP) is 3.01. The minimum atomic E-state index is -0.618. The Bertz CT molecular complexity index is 401. The molecule has 1 unspecified atom stereocenters. The van der Waals surface area contributed by atoms with Crippen LogP contribution in [-0.2, 0) is 9.59 Å². The lowest BCUT2D eigenvalue weighted by Gasteiger charge is -2.54. The van der Waals surface area contributed by atoms with Crippen LogP contribution in [0.4, 0.5) is 0 Å². The van der Waals surface area contributed by atoms with E-state index in [0.29, 0.717) is 0 Å². The molecule has 0 aromatic heterocycles. The van der Waals surface area contributed by atoms with Crippen LogP contribution in [0, 0.1) is 0 Å². The topological polar surface area (TPSA) is 49.4 Å². The molecule has 1 atom stereocenters. The van der Waals surface area contributed by atoms with Crippen molar-refractivity contribution < 1.29 is 9.59 Å². The minimum Gasteiger partial charge on any atom is -0.340 e. The zero-order valence-electron chi connectivity index (χ0n) is 14.0. The van der Waals surface area contributed by atoms with E-state index in [9.17, 15) is 9.59 Å². The number of hydrogen-bond donors (Lipinski definition) is 1. The molecule has 2 aliphatic rings. The van der Waals surface area contributed by atoms with Crippen LogP contribution in [0.15, 0.2) is 0 Å². The molecule has 2 rings (SSSR count). The van der Waals surface area contributed by atoms with E-state index in [0.717, 1.165) is 44.9 Å². The number of carbonyl (C=O) groups is 2. The number of hydrogen-bond acceptors (Lipinski definition) is 2. The zero-order valence-corrected chi connectivity index (χ0v) is 14.0. The standard InChI is InChI=1S/C17H30N2O2/c1-5-16(6-2,7-3)19-13(4)14(20)18-17(15(19)21)11-9-8-10-12-17/h13H,5-12H2,1-4H3,(H,18,20). The van der Waals surface area contributed by atoms with Crippen molar-refractivity contribution in [3.63, 3.8) is 0 Å². The largest absolute Gasteiger partial charge is 0.340 e. The van der Waals surface area contributed by atoms with E-state index >= 15 is 0 Å². The Balaban J connectivity index is 2.42. The predicted molar refractivity (Wildman–Crippen MR) is 83.9 cm³/mol. The maximum absolute atomic E-state index is 13.3. The molecule has 2 amide bonds. The molecule has 0 radical (unpaired) electrons. The van der Waals surface area contributed by atoms with Gasteiger partial charge in [-0.3, -0.25) is 9.59 Å². The van der Waals surface area contributed by atoms with Crippen LogP contribution in [0.25, 0.3) is 0 Å². The van der Waals surface area contributed by atoms with Crippen molar-refractivity contribution in [1.82, 2.24) is 10.2 Å². The van der Waals surface area contributed by atoms with Gasteiger partial charge in [0.15, 0.2) is 0 Å². The summed E-state index contributed by atoms with van der Waals surface area (Å²) in [6.45, 7) is 8.27. The van der Waals surface area contributed by atoms with E-state index in [2.05, 4.69) is 26.1 Å². The van der Waals surface area contributed by atoms with Crippen LogP contribution < -0.4 is 5.32 Å². The number of amides is 2. The molecule has 0 aromatic carbocycles. The van der Waals surface area contributed by atoms with Crippen molar-refractivity contribution in [2.75, 3.05) is 0 Å². The molecule has 120 valence electrons. The molecule has 4 nitrogen and oxygen atoms in total. The molecular weight excluding hydrogens is 264 g/mol. The lowest BCUT2D eigenvalue weighted by Crippen LogP contribution is -2.74. The third-order valence-electron chi connectivity index (χ3n) is 5.95. The lowest BCUT2D eigenvalue weighted by atomic mass is 9.75. The molecule has 1 spiro atoms. The molecule has 1 heterocycles. The van der Waals surface area contributed by atoms with Crippen molar-refractivity contribution in [3.05, 3.63) is 0 Å². The van der Waals surface area contributed by atoms with Gasteiger partial charge in [-0.1, -0.05) is 40.0 Å². The molecule has 0 aromatic rings. The van der Waals surface area contributed by atoms with Gasteiger partial charge in [0.25, 0.3) is 0 Å². The van der Waals surface area contributed by atoms with Crippen LogP contribution in [0.5, 0.6) is 0 Å². The molecule has 4 heteroatoms. The lowest BCUT2D eigenvalue weighted by molar-refractivity contribution is -0.165.